The van der Waals surface area contributed by atoms with Crippen LogP contribution in [0.5, 0.6) is 0 Å². The molecule has 0 aliphatic heterocycles. The first kappa shape index (κ1) is 12.0. The second kappa shape index (κ2) is 5.71. The molecule has 2 atom stereocenters. The molecule has 0 unspecified atom stereocenters. The van der Waals surface area contributed by atoms with Gasteiger partial charge >= 0.3 is 0 Å². The molecule has 0 aromatic carbocycles. The molecular weight excluding hydrogens is 190 g/mol. The first-order valence-corrected chi connectivity index (χ1v) is 5.32. The molecule has 84 valence electrons. The van der Waals surface area contributed by atoms with E-state index < -0.39 is 0 Å². The van der Waals surface area contributed by atoms with Gasteiger partial charge in [-0.05, 0) is 11.8 Å². The molecule has 1 aliphatic carbocycles. The van der Waals surface area contributed by atoms with Gasteiger partial charge in [-0.25, -0.2) is 0 Å². The van der Waals surface area contributed by atoms with E-state index in [2.05, 4.69) is 25.2 Å². The second-order valence-electron chi connectivity index (χ2n) is 3.95. The average molecular weight is 209 g/mol. The van der Waals surface area contributed by atoms with Crippen LogP contribution >= 0.6 is 0 Å². The number of nitrogens with one attached hydrogen (secondary N) is 1. The minimum atomic E-state index is -0.0120. The van der Waals surface area contributed by atoms with Crippen LogP contribution in [-0.4, -0.2) is 26.2 Å². The van der Waals surface area contributed by atoms with E-state index in [0.29, 0.717) is 25.0 Å². The SMILES string of the molecule is COCCNC(=O)C1=C[C@@H](C)[C@@H](C)C=C1. The molecule has 0 saturated heterocycles. The van der Waals surface area contributed by atoms with E-state index in [9.17, 15) is 4.79 Å². The van der Waals surface area contributed by atoms with Gasteiger partial charge in [0.2, 0.25) is 0 Å². The Morgan fingerprint density at radius 1 is 1.47 bits per heavy atom. The molecule has 1 aliphatic rings. The maximum Gasteiger partial charge on any atom is 0.251 e. The fraction of sp³-hybridized carbons (Fsp3) is 0.583. The van der Waals surface area contributed by atoms with E-state index in [1.807, 2.05) is 12.2 Å². The Balaban J connectivity index is 2.47. The first-order chi connectivity index (χ1) is 7.15. The van der Waals surface area contributed by atoms with Crippen molar-refractivity contribution < 1.29 is 9.53 Å². The summed E-state index contributed by atoms with van der Waals surface area (Å²) in [7, 11) is 1.62. The predicted molar refractivity (Wildman–Crippen MR) is 60.4 cm³/mol. The molecule has 1 N–H and O–H groups in total. The van der Waals surface area contributed by atoms with Crippen molar-refractivity contribution in [1.29, 1.82) is 0 Å². The zero-order valence-electron chi connectivity index (χ0n) is 9.62. The third-order valence-corrected chi connectivity index (χ3v) is 2.71. The molecule has 0 bridgehead atoms. The Bertz CT molecular complexity index is 281. The summed E-state index contributed by atoms with van der Waals surface area (Å²) in [6, 6.07) is 0. The first-order valence-electron chi connectivity index (χ1n) is 5.32. The zero-order chi connectivity index (χ0) is 11.3. The summed E-state index contributed by atoms with van der Waals surface area (Å²) in [6.45, 7) is 5.38. The summed E-state index contributed by atoms with van der Waals surface area (Å²) in [6.07, 6.45) is 6.00. The predicted octanol–water partition coefficient (Wildman–Crippen LogP) is 1.52. The molecule has 1 amide bonds. The van der Waals surface area contributed by atoms with E-state index in [1.165, 1.54) is 0 Å². The molecule has 3 nitrogen and oxygen atoms in total. The highest BCUT2D eigenvalue weighted by Crippen LogP contribution is 2.21. The van der Waals surface area contributed by atoms with Crippen molar-refractivity contribution in [3.8, 4) is 0 Å². The van der Waals surface area contributed by atoms with Crippen LogP contribution in [0.25, 0.3) is 0 Å². The molecule has 3 heteroatoms. The van der Waals surface area contributed by atoms with E-state index in [-0.39, 0.29) is 5.91 Å². The van der Waals surface area contributed by atoms with Crippen LogP contribution < -0.4 is 5.32 Å². The van der Waals surface area contributed by atoms with Crippen LogP contribution in [0, 0.1) is 11.8 Å². The Morgan fingerprint density at radius 2 is 2.20 bits per heavy atom. The van der Waals surface area contributed by atoms with Crippen molar-refractivity contribution >= 4 is 5.91 Å². The largest absolute Gasteiger partial charge is 0.383 e. The molecular formula is C12H19NO2. The fourth-order valence-electron chi connectivity index (χ4n) is 1.44. The number of rotatable bonds is 4. The highest BCUT2D eigenvalue weighted by molar-refractivity contribution is 5.96. The lowest BCUT2D eigenvalue weighted by Crippen LogP contribution is -2.29. The van der Waals surface area contributed by atoms with Crippen molar-refractivity contribution in [1.82, 2.24) is 5.32 Å². The van der Waals surface area contributed by atoms with Gasteiger partial charge in [0.25, 0.3) is 5.91 Å². The Kier molecular flexibility index (Phi) is 4.56. The normalized spacial score (nSPS) is 24.9. The lowest BCUT2D eigenvalue weighted by Gasteiger charge is -2.18. The van der Waals surface area contributed by atoms with Crippen molar-refractivity contribution in [3.63, 3.8) is 0 Å². The molecule has 15 heavy (non-hydrogen) atoms. The van der Waals surface area contributed by atoms with Crippen LogP contribution in [0.4, 0.5) is 0 Å². The number of hydrogen-bond donors (Lipinski definition) is 1. The number of carbonyl (C=O) groups is 1. The van der Waals surface area contributed by atoms with Crippen molar-refractivity contribution in [2.24, 2.45) is 11.8 Å². The van der Waals surface area contributed by atoms with Crippen molar-refractivity contribution in [3.05, 3.63) is 23.8 Å². The summed E-state index contributed by atoms with van der Waals surface area (Å²) >= 11 is 0. The minimum Gasteiger partial charge on any atom is -0.383 e. The quantitative estimate of drug-likeness (QED) is 0.713. The monoisotopic (exact) mass is 209 g/mol. The molecule has 0 fully saturated rings. The number of ether oxygens (including phenoxy) is 1. The number of methoxy groups -OCH3 is 1. The fourth-order valence-corrected chi connectivity index (χ4v) is 1.44. The van der Waals surface area contributed by atoms with E-state index in [4.69, 9.17) is 4.74 Å². The highest BCUT2D eigenvalue weighted by Gasteiger charge is 2.15. The van der Waals surface area contributed by atoms with Gasteiger partial charge in [0.15, 0.2) is 0 Å². The van der Waals surface area contributed by atoms with Gasteiger partial charge < -0.3 is 10.1 Å². The van der Waals surface area contributed by atoms with Crippen LogP contribution in [0.1, 0.15) is 13.8 Å². The topological polar surface area (TPSA) is 38.3 Å². The standard InChI is InChI=1S/C12H19NO2/c1-9-4-5-11(8-10(9)2)12(14)13-6-7-15-3/h4-5,8-10H,6-7H2,1-3H3,(H,13,14)/t9-,10+/m0/s1. The Hall–Kier alpha value is -1.09. The van der Waals surface area contributed by atoms with Crippen LogP contribution in [0.2, 0.25) is 0 Å². The number of allylic oxidation sites excluding steroid dienone is 2. The lowest BCUT2D eigenvalue weighted by atomic mass is 9.88. The van der Waals surface area contributed by atoms with Crippen molar-refractivity contribution in [2.75, 3.05) is 20.3 Å². The van der Waals surface area contributed by atoms with Crippen LogP contribution in [0.15, 0.2) is 23.8 Å². The van der Waals surface area contributed by atoms with Gasteiger partial charge in [0.1, 0.15) is 0 Å². The summed E-state index contributed by atoms with van der Waals surface area (Å²) in [5.74, 6) is 0.931. The third-order valence-electron chi connectivity index (χ3n) is 2.71. The number of hydrogen-bond acceptors (Lipinski definition) is 2. The van der Waals surface area contributed by atoms with Gasteiger partial charge in [-0.3, -0.25) is 4.79 Å². The van der Waals surface area contributed by atoms with Gasteiger partial charge in [0.05, 0.1) is 6.61 Å². The molecule has 0 spiro atoms. The lowest BCUT2D eigenvalue weighted by molar-refractivity contribution is -0.117. The van der Waals surface area contributed by atoms with Gasteiger partial charge in [0, 0.05) is 19.2 Å². The molecule has 1 rings (SSSR count). The Morgan fingerprint density at radius 3 is 2.80 bits per heavy atom. The summed E-state index contributed by atoms with van der Waals surface area (Å²) in [5.41, 5.74) is 0.761. The number of amides is 1. The van der Waals surface area contributed by atoms with E-state index in [0.717, 1.165) is 5.57 Å². The molecule has 0 saturated carbocycles. The summed E-state index contributed by atoms with van der Waals surface area (Å²) < 4.78 is 4.87. The molecule has 0 radical (unpaired) electrons. The highest BCUT2D eigenvalue weighted by atomic mass is 16.5. The van der Waals surface area contributed by atoms with Gasteiger partial charge in [-0.1, -0.05) is 32.1 Å². The van der Waals surface area contributed by atoms with Crippen LogP contribution in [0.3, 0.4) is 0 Å². The zero-order valence-corrected chi connectivity index (χ0v) is 9.62. The molecule has 0 heterocycles. The summed E-state index contributed by atoms with van der Waals surface area (Å²) in [5, 5.41) is 2.81. The maximum atomic E-state index is 11.6. The summed E-state index contributed by atoms with van der Waals surface area (Å²) in [4.78, 5) is 11.6. The van der Waals surface area contributed by atoms with E-state index >= 15 is 0 Å². The minimum absolute atomic E-state index is 0.0120. The van der Waals surface area contributed by atoms with Gasteiger partial charge in [-0.15, -0.1) is 0 Å². The number of carbonyl (C=O) groups excluding carboxylic acids is 1. The average Bonchev–Trinajstić information content (AvgIpc) is 2.22. The maximum absolute atomic E-state index is 11.6. The van der Waals surface area contributed by atoms with E-state index in [1.54, 1.807) is 7.11 Å². The van der Waals surface area contributed by atoms with Gasteiger partial charge in [-0.2, -0.15) is 0 Å². The second-order valence-corrected chi connectivity index (χ2v) is 3.95. The third kappa shape index (κ3) is 3.51. The molecule has 0 aromatic rings. The molecule has 0 aromatic heterocycles. The Labute approximate surface area is 91.2 Å². The van der Waals surface area contributed by atoms with Crippen molar-refractivity contribution in [2.45, 2.75) is 13.8 Å². The van der Waals surface area contributed by atoms with Crippen LogP contribution in [-0.2, 0) is 9.53 Å². The smallest absolute Gasteiger partial charge is 0.251 e.